The first-order valence-electron chi connectivity index (χ1n) is 11.4. The molecule has 0 aromatic heterocycles. The van der Waals surface area contributed by atoms with Crippen LogP contribution >= 0.6 is 0 Å². The molecule has 4 rings (SSSR count). The van der Waals surface area contributed by atoms with Crippen LogP contribution in [0.15, 0.2) is 12.1 Å². The quantitative estimate of drug-likeness (QED) is 0.673. The van der Waals surface area contributed by atoms with Crippen LogP contribution in [0.25, 0.3) is 0 Å². The minimum atomic E-state index is -1.02. The number of halogens is 2. The van der Waals surface area contributed by atoms with Gasteiger partial charge in [-0.2, -0.15) is 0 Å². The highest BCUT2D eigenvalue weighted by Crippen LogP contribution is 2.33. The van der Waals surface area contributed by atoms with Gasteiger partial charge in [-0.1, -0.05) is 19.3 Å². The third kappa shape index (κ3) is 5.19. The smallest absolute Gasteiger partial charge is 0.407 e. The van der Waals surface area contributed by atoms with E-state index >= 15 is 0 Å². The van der Waals surface area contributed by atoms with Gasteiger partial charge in [0.15, 0.2) is 0 Å². The van der Waals surface area contributed by atoms with E-state index in [9.17, 15) is 23.2 Å². The number of rotatable bonds is 5. The van der Waals surface area contributed by atoms with Gasteiger partial charge >= 0.3 is 6.09 Å². The molecule has 1 saturated carbocycles. The van der Waals surface area contributed by atoms with Crippen LogP contribution in [0.3, 0.4) is 0 Å². The van der Waals surface area contributed by atoms with Crippen LogP contribution < -0.4 is 15.5 Å². The molecule has 2 N–H and O–H groups in total. The predicted molar refractivity (Wildman–Crippen MR) is 113 cm³/mol. The summed E-state index contributed by atoms with van der Waals surface area (Å²) in [4.78, 5) is 37.3. The van der Waals surface area contributed by atoms with Crippen molar-refractivity contribution in [1.29, 1.82) is 0 Å². The second-order valence-electron chi connectivity index (χ2n) is 9.01. The minimum Gasteiger partial charge on any atom is -0.449 e. The Morgan fingerprint density at radius 1 is 1.09 bits per heavy atom. The molecule has 1 unspecified atom stereocenters. The van der Waals surface area contributed by atoms with Crippen LogP contribution in [-0.4, -0.2) is 43.6 Å². The van der Waals surface area contributed by atoms with Crippen LogP contribution in [0.2, 0.25) is 0 Å². The van der Waals surface area contributed by atoms with Crippen molar-refractivity contribution < 1.29 is 27.9 Å². The number of nitrogens with zero attached hydrogens (tertiary/aromatic N) is 1. The Balaban J connectivity index is 1.33. The van der Waals surface area contributed by atoms with Gasteiger partial charge in [0.2, 0.25) is 11.8 Å². The van der Waals surface area contributed by atoms with E-state index in [2.05, 4.69) is 10.6 Å². The number of hydrogen-bond acceptors (Lipinski definition) is 5. The summed E-state index contributed by atoms with van der Waals surface area (Å²) in [7, 11) is 0. The van der Waals surface area contributed by atoms with Gasteiger partial charge in [-0.05, 0) is 43.7 Å². The van der Waals surface area contributed by atoms with E-state index in [4.69, 9.17) is 4.74 Å². The lowest BCUT2D eigenvalue weighted by atomic mass is 9.89. The highest BCUT2D eigenvalue weighted by Gasteiger charge is 2.33. The highest BCUT2D eigenvalue weighted by molar-refractivity contribution is 6.01. The maximum atomic E-state index is 14.8. The number of nitrogens with one attached hydrogen (secondary N) is 2. The number of amides is 3. The SMILES string of the molecule is O=C1CCC(c2c(F)cc(N3CC[C@@H](NC(=O)OCC4CCCCC4)C3)cc2F)C(=O)N1. The monoisotopic (exact) mass is 449 g/mol. The molecule has 7 nitrogen and oxygen atoms in total. The number of imide groups is 1. The summed E-state index contributed by atoms with van der Waals surface area (Å²) >= 11 is 0. The van der Waals surface area contributed by atoms with Gasteiger partial charge in [-0.25, -0.2) is 13.6 Å². The number of benzene rings is 1. The molecule has 3 amide bonds. The second kappa shape index (κ2) is 9.83. The van der Waals surface area contributed by atoms with Gasteiger partial charge in [-0.3, -0.25) is 14.9 Å². The van der Waals surface area contributed by atoms with Crippen LogP contribution in [0.4, 0.5) is 19.3 Å². The van der Waals surface area contributed by atoms with Gasteiger partial charge in [0, 0.05) is 30.8 Å². The Morgan fingerprint density at radius 3 is 2.50 bits per heavy atom. The summed E-state index contributed by atoms with van der Waals surface area (Å²) in [6, 6.07) is 2.26. The van der Waals surface area contributed by atoms with E-state index in [1.807, 2.05) is 0 Å². The number of alkyl carbamates (subject to hydrolysis) is 1. The number of ether oxygens (including phenoxy) is 1. The van der Waals surface area contributed by atoms with Crippen molar-refractivity contribution in [2.75, 3.05) is 24.6 Å². The third-order valence-electron chi connectivity index (χ3n) is 6.70. The molecule has 3 fully saturated rings. The number of piperidine rings is 1. The molecule has 0 radical (unpaired) electrons. The molecular weight excluding hydrogens is 420 g/mol. The third-order valence-corrected chi connectivity index (χ3v) is 6.70. The summed E-state index contributed by atoms with van der Waals surface area (Å²) < 4.78 is 34.9. The first kappa shape index (κ1) is 22.5. The first-order chi connectivity index (χ1) is 15.4. The maximum Gasteiger partial charge on any atom is 0.407 e. The summed E-state index contributed by atoms with van der Waals surface area (Å²) in [5.74, 6) is -3.31. The van der Waals surface area contributed by atoms with Crippen molar-refractivity contribution >= 4 is 23.6 Å². The lowest BCUT2D eigenvalue weighted by molar-refractivity contribution is -0.134. The molecule has 2 atom stereocenters. The van der Waals surface area contributed by atoms with E-state index in [1.54, 1.807) is 4.90 Å². The Kier molecular flexibility index (Phi) is 6.91. The molecule has 3 aliphatic rings. The molecule has 1 aliphatic carbocycles. The van der Waals surface area contributed by atoms with Crippen molar-refractivity contribution in [1.82, 2.24) is 10.6 Å². The predicted octanol–water partition coefficient (Wildman–Crippen LogP) is 3.37. The highest BCUT2D eigenvalue weighted by atomic mass is 19.1. The van der Waals surface area contributed by atoms with E-state index in [1.165, 1.54) is 31.4 Å². The van der Waals surface area contributed by atoms with Crippen molar-refractivity contribution in [3.8, 4) is 0 Å². The number of anilines is 1. The van der Waals surface area contributed by atoms with Crippen LogP contribution in [0.5, 0.6) is 0 Å². The van der Waals surface area contributed by atoms with E-state index in [0.717, 1.165) is 12.8 Å². The van der Waals surface area contributed by atoms with Gasteiger partial charge < -0.3 is 15.0 Å². The standard InChI is InChI=1S/C23H29F2N3O4/c24-18-10-16(11-19(25)21(18)17-6-7-20(29)27-22(17)30)28-9-8-15(12-28)26-23(31)32-13-14-4-2-1-3-5-14/h10-11,14-15,17H,1-9,12-13H2,(H,26,31)(H,27,29,30)/t15-,17?/m1/s1. The van der Waals surface area contributed by atoms with Gasteiger partial charge in [0.05, 0.1) is 18.6 Å². The summed E-state index contributed by atoms with van der Waals surface area (Å²) in [6.45, 7) is 1.37. The lowest BCUT2D eigenvalue weighted by Crippen LogP contribution is -2.40. The summed E-state index contributed by atoms with van der Waals surface area (Å²) in [5, 5.41) is 4.98. The normalized spacial score (nSPS) is 24.4. The molecule has 2 saturated heterocycles. The lowest BCUT2D eigenvalue weighted by Gasteiger charge is -2.24. The molecule has 9 heteroatoms. The largest absolute Gasteiger partial charge is 0.449 e. The molecule has 32 heavy (non-hydrogen) atoms. The zero-order valence-corrected chi connectivity index (χ0v) is 18.0. The van der Waals surface area contributed by atoms with Gasteiger partial charge in [-0.15, -0.1) is 0 Å². The fourth-order valence-corrected chi connectivity index (χ4v) is 4.92. The summed E-state index contributed by atoms with van der Waals surface area (Å²) in [5.41, 5.74) is 0.0508. The molecule has 2 heterocycles. The first-order valence-corrected chi connectivity index (χ1v) is 11.4. The van der Waals surface area contributed by atoms with Gasteiger partial charge in [0.25, 0.3) is 0 Å². The van der Waals surface area contributed by atoms with Crippen molar-refractivity contribution in [2.24, 2.45) is 5.92 Å². The molecule has 0 bridgehead atoms. The van der Waals surface area contributed by atoms with Crippen LogP contribution in [0.1, 0.15) is 62.8 Å². The Labute approximate surface area is 185 Å². The molecule has 0 spiro atoms. The molecule has 1 aromatic rings. The summed E-state index contributed by atoms with van der Waals surface area (Å²) in [6.07, 6.45) is 6.11. The van der Waals surface area contributed by atoms with Crippen molar-refractivity contribution in [3.05, 3.63) is 29.3 Å². The topological polar surface area (TPSA) is 87.7 Å². The zero-order chi connectivity index (χ0) is 22.7. The molecule has 2 aliphatic heterocycles. The fourth-order valence-electron chi connectivity index (χ4n) is 4.92. The maximum absolute atomic E-state index is 14.8. The number of carbonyl (C=O) groups is 3. The van der Waals surface area contributed by atoms with Crippen LogP contribution in [-0.2, 0) is 14.3 Å². The second-order valence-corrected chi connectivity index (χ2v) is 9.01. The molecule has 1 aromatic carbocycles. The Morgan fingerprint density at radius 2 is 1.81 bits per heavy atom. The Hall–Kier alpha value is -2.71. The van der Waals surface area contributed by atoms with E-state index in [0.29, 0.717) is 37.7 Å². The number of carbonyl (C=O) groups excluding carboxylic acids is 3. The number of hydrogen-bond donors (Lipinski definition) is 2. The van der Waals surface area contributed by atoms with Crippen molar-refractivity contribution in [3.63, 3.8) is 0 Å². The Bertz CT molecular complexity index is 865. The fraction of sp³-hybridized carbons (Fsp3) is 0.609. The minimum absolute atomic E-state index is 0.0490. The molecular formula is C23H29F2N3O4. The average molecular weight is 449 g/mol. The van der Waals surface area contributed by atoms with E-state index in [-0.39, 0.29) is 24.4 Å². The van der Waals surface area contributed by atoms with Gasteiger partial charge in [0.1, 0.15) is 11.6 Å². The zero-order valence-electron chi connectivity index (χ0n) is 18.0. The molecule has 174 valence electrons. The average Bonchev–Trinajstić information content (AvgIpc) is 3.22. The van der Waals surface area contributed by atoms with Crippen molar-refractivity contribution in [2.45, 2.75) is 63.3 Å². The van der Waals surface area contributed by atoms with Crippen LogP contribution in [0, 0.1) is 17.6 Å². The van der Waals surface area contributed by atoms with E-state index < -0.39 is 35.5 Å².